The fourth-order valence-corrected chi connectivity index (χ4v) is 5.00. The Morgan fingerprint density at radius 1 is 0.385 bits per heavy atom. The van der Waals surface area contributed by atoms with Gasteiger partial charge in [0.2, 0.25) is 0 Å². The van der Waals surface area contributed by atoms with Crippen LogP contribution < -0.4 is 32.4 Å². The van der Waals surface area contributed by atoms with Gasteiger partial charge in [-0.15, -0.1) is 0 Å². The lowest BCUT2D eigenvalue weighted by atomic mass is 9.86. The lowest BCUT2D eigenvalue weighted by Crippen LogP contribution is -2.11. The molecule has 0 fully saturated rings. The number of nitrogens with two attached hydrogens (primary N) is 4. The first-order chi connectivity index (χ1) is 24.9. The number of hydrogen-bond donors (Lipinski definition) is 6. The molecule has 0 radical (unpaired) electrons. The van der Waals surface area contributed by atoms with E-state index < -0.39 is 23.9 Å². The van der Waals surface area contributed by atoms with Gasteiger partial charge in [0.05, 0.1) is 22.3 Å². The number of aromatic carboxylic acids is 2. The summed E-state index contributed by atoms with van der Waals surface area (Å²) in [6, 6.07) is 34.8. The van der Waals surface area contributed by atoms with Gasteiger partial charge in [0.1, 0.15) is 11.5 Å². The zero-order chi connectivity index (χ0) is 37.4. The molecule has 0 aliphatic heterocycles. The van der Waals surface area contributed by atoms with E-state index in [0.717, 1.165) is 0 Å². The topological polar surface area (TPSA) is 231 Å². The average molecular weight is 697 g/mol. The molecule has 0 unspecified atom stereocenters. The first-order valence-electron chi connectivity index (χ1n) is 15.5. The molecule has 52 heavy (non-hydrogen) atoms. The van der Waals surface area contributed by atoms with Gasteiger partial charge in [-0.1, -0.05) is 24.3 Å². The van der Waals surface area contributed by atoms with Crippen molar-refractivity contribution in [3.05, 3.63) is 156 Å². The molecule has 12 nitrogen and oxygen atoms in total. The summed E-state index contributed by atoms with van der Waals surface area (Å²) in [6.45, 7) is 0. The molecule has 0 aliphatic rings. The minimum atomic E-state index is -1.15. The van der Waals surface area contributed by atoms with E-state index in [0.29, 0.717) is 67.6 Å². The van der Waals surface area contributed by atoms with Crippen LogP contribution in [0.25, 0.3) is 22.3 Å². The van der Waals surface area contributed by atoms with Crippen LogP contribution in [0.3, 0.4) is 0 Å². The Bertz CT molecular complexity index is 2070. The van der Waals surface area contributed by atoms with Crippen LogP contribution in [-0.4, -0.2) is 34.1 Å². The molecule has 0 aromatic heterocycles. The number of carboxylic acid groups (broad SMARTS) is 2. The maximum atomic E-state index is 12.1. The largest absolute Gasteiger partial charge is 0.478 e. The Labute approximate surface area is 297 Å². The Morgan fingerprint density at radius 2 is 0.654 bits per heavy atom. The molecule has 0 spiro atoms. The first-order valence-corrected chi connectivity index (χ1v) is 15.5. The standard InChI is InChI=1S/2C20H16N2O4/c21-13-5-1-11(2-6-13)17-15(19(23)24)9-10-16(20(25)26)18(17)12-3-7-14(22)8-4-12;21-15-5-9-17(10-6-15)25-19(23)13-1-2-14(4-3-13)20(24)26-18-11-7-16(22)8-12-18/h1-10H,21-22H2,(H,23,24)(H,25,26);1-12H,21-22H2. The molecule has 0 heterocycles. The zero-order valence-corrected chi connectivity index (χ0v) is 27.4. The van der Waals surface area contributed by atoms with E-state index >= 15 is 0 Å². The average Bonchev–Trinajstić information content (AvgIpc) is 3.14. The van der Waals surface area contributed by atoms with Gasteiger partial charge >= 0.3 is 23.9 Å². The number of hydrogen-bond acceptors (Lipinski definition) is 10. The first kappa shape index (κ1) is 35.7. The van der Waals surface area contributed by atoms with Crippen molar-refractivity contribution >= 4 is 46.6 Å². The minimum absolute atomic E-state index is 0.00611. The Kier molecular flexibility index (Phi) is 10.8. The summed E-state index contributed by atoms with van der Waals surface area (Å²) in [5.41, 5.74) is 27.2. The molecule has 0 saturated carbocycles. The Hall–Kier alpha value is -7.60. The van der Waals surface area contributed by atoms with Gasteiger partial charge in [-0.3, -0.25) is 0 Å². The predicted octanol–water partition coefficient (Wildman–Crippen LogP) is 6.87. The second kappa shape index (κ2) is 15.7. The van der Waals surface area contributed by atoms with E-state index in [-0.39, 0.29) is 11.1 Å². The highest BCUT2D eigenvalue weighted by atomic mass is 16.5. The SMILES string of the molecule is Nc1ccc(-c2c(C(=O)O)ccc(C(=O)O)c2-c2ccc(N)cc2)cc1.Nc1ccc(OC(=O)c2ccc(C(=O)Oc3ccc(N)cc3)cc2)cc1. The molecule has 12 heteroatoms. The molecule has 10 N–H and O–H groups in total. The number of ether oxygens (including phenoxy) is 2. The second-order valence-electron chi connectivity index (χ2n) is 11.3. The number of esters is 2. The van der Waals surface area contributed by atoms with Crippen molar-refractivity contribution in [3.63, 3.8) is 0 Å². The Morgan fingerprint density at radius 3 is 0.923 bits per heavy atom. The number of carbonyl (C=O) groups excluding carboxylic acids is 2. The van der Waals surface area contributed by atoms with Crippen molar-refractivity contribution < 1.29 is 38.9 Å². The third kappa shape index (κ3) is 8.70. The van der Waals surface area contributed by atoms with Gasteiger partial charge in [0, 0.05) is 33.9 Å². The summed E-state index contributed by atoms with van der Waals surface area (Å²) in [5, 5.41) is 19.3. The molecule has 6 aromatic rings. The van der Waals surface area contributed by atoms with Crippen LogP contribution in [0.15, 0.2) is 133 Å². The molecule has 6 rings (SSSR count). The highest BCUT2D eigenvalue weighted by Gasteiger charge is 2.23. The monoisotopic (exact) mass is 696 g/mol. The molecule has 0 bridgehead atoms. The Balaban J connectivity index is 0.000000201. The summed E-state index contributed by atoms with van der Waals surface area (Å²) in [4.78, 5) is 47.8. The lowest BCUT2D eigenvalue weighted by Gasteiger charge is -2.16. The van der Waals surface area contributed by atoms with Crippen LogP contribution in [0.1, 0.15) is 41.4 Å². The van der Waals surface area contributed by atoms with Crippen LogP contribution in [0.4, 0.5) is 22.7 Å². The molecular weight excluding hydrogens is 664 g/mol. The highest BCUT2D eigenvalue weighted by Crippen LogP contribution is 2.38. The van der Waals surface area contributed by atoms with Crippen LogP contribution in [0.2, 0.25) is 0 Å². The van der Waals surface area contributed by atoms with Gasteiger partial charge < -0.3 is 42.6 Å². The number of carbonyl (C=O) groups is 4. The van der Waals surface area contributed by atoms with Crippen molar-refractivity contribution in [2.45, 2.75) is 0 Å². The normalized spacial score (nSPS) is 10.3. The molecule has 0 saturated heterocycles. The number of nitrogen functional groups attached to an aromatic ring is 4. The van der Waals surface area contributed by atoms with Crippen molar-refractivity contribution in [2.75, 3.05) is 22.9 Å². The summed E-state index contributed by atoms with van der Waals surface area (Å²) in [6.07, 6.45) is 0. The smallest absolute Gasteiger partial charge is 0.343 e. The third-order valence-corrected chi connectivity index (χ3v) is 7.60. The fourth-order valence-electron chi connectivity index (χ4n) is 5.00. The summed E-state index contributed by atoms with van der Waals surface area (Å²) in [5.74, 6) is -2.59. The van der Waals surface area contributed by atoms with Crippen LogP contribution in [0, 0.1) is 0 Å². The molecule has 0 atom stereocenters. The van der Waals surface area contributed by atoms with Gasteiger partial charge in [-0.05, 0) is 120 Å². The number of anilines is 4. The fraction of sp³-hybridized carbons (Fsp3) is 0. The maximum absolute atomic E-state index is 12.1. The predicted molar refractivity (Wildman–Crippen MR) is 198 cm³/mol. The molecule has 6 aromatic carbocycles. The van der Waals surface area contributed by atoms with Crippen molar-refractivity contribution in [2.24, 2.45) is 0 Å². The van der Waals surface area contributed by atoms with E-state index in [2.05, 4.69) is 0 Å². The van der Waals surface area contributed by atoms with Gasteiger partial charge in [-0.25, -0.2) is 19.2 Å². The van der Waals surface area contributed by atoms with E-state index in [9.17, 15) is 29.4 Å². The van der Waals surface area contributed by atoms with E-state index in [1.807, 2.05) is 0 Å². The summed E-state index contributed by atoms with van der Waals surface area (Å²) in [7, 11) is 0. The molecular formula is C40H32N4O8. The number of carboxylic acids is 2. The maximum Gasteiger partial charge on any atom is 0.343 e. The van der Waals surface area contributed by atoms with E-state index in [4.69, 9.17) is 32.4 Å². The number of benzene rings is 6. The van der Waals surface area contributed by atoms with Crippen molar-refractivity contribution in [1.29, 1.82) is 0 Å². The van der Waals surface area contributed by atoms with Crippen LogP contribution >= 0.6 is 0 Å². The minimum Gasteiger partial charge on any atom is -0.478 e. The molecule has 0 amide bonds. The van der Waals surface area contributed by atoms with Gasteiger partial charge in [0.25, 0.3) is 0 Å². The van der Waals surface area contributed by atoms with Gasteiger partial charge in [-0.2, -0.15) is 0 Å². The lowest BCUT2D eigenvalue weighted by molar-refractivity contribution is 0.0682. The quantitative estimate of drug-likeness (QED) is 0.0544. The van der Waals surface area contributed by atoms with E-state index in [1.165, 1.54) is 36.4 Å². The second-order valence-corrected chi connectivity index (χ2v) is 11.3. The number of rotatable bonds is 8. The zero-order valence-electron chi connectivity index (χ0n) is 27.4. The summed E-state index contributed by atoms with van der Waals surface area (Å²) < 4.78 is 10.5. The molecule has 0 aliphatic carbocycles. The highest BCUT2D eigenvalue weighted by molar-refractivity contribution is 6.08. The van der Waals surface area contributed by atoms with Crippen LogP contribution in [0.5, 0.6) is 11.5 Å². The molecule has 260 valence electrons. The van der Waals surface area contributed by atoms with Gasteiger partial charge in [0.15, 0.2) is 0 Å². The van der Waals surface area contributed by atoms with Crippen molar-refractivity contribution in [1.82, 2.24) is 0 Å². The third-order valence-electron chi connectivity index (χ3n) is 7.60. The summed E-state index contributed by atoms with van der Waals surface area (Å²) >= 11 is 0. The van der Waals surface area contributed by atoms with Crippen LogP contribution in [-0.2, 0) is 0 Å². The van der Waals surface area contributed by atoms with E-state index in [1.54, 1.807) is 97.1 Å². The van der Waals surface area contributed by atoms with Crippen molar-refractivity contribution in [3.8, 4) is 33.8 Å².